The van der Waals surface area contributed by atoms with Crippen molar-refractivity contribution >= 4 is 43.3 Å². The Morgan fingerprint density at radius 3 is 2.70 bits per heavy atom. The van der Waals surface area contributed by atoms with Gasteiger partial charge in [0, 0.05) is 11.6 Å². The molecule has 0 saturated heterocycles. The van der Waals surface area contributed by atoms with Crippen molar-refractivity contribution in [2.75, 3.05) is 14.2 Å². The van der Waals surface area contributed by atoms with Crippen LogP contribution in [0.4, 0.5) is 0 Å². The minimum absolute atomic E-state index is 0.0960. The highest BCUT2D eigenvalue weighted by Crippen LogP contribution is 2.36. The molecular formula is C16H14BrN3O6S. The van der Waals surface area contributed by atoms with E-state index in [1.807, 2.05) is 0 Å². The van der Waals surface area contributed by atoms with E-state index in [1.54, 1.807) is 12.1 Å². The molecule has 2 aromatic carbocycles. The minimum Gasteiger partial charge on any atom is -0.493 e. The van der Waals surface area contributed by atoms with Crippen LogP contribution in [0.5, 0.6) is 11.5 Å². The second kappa shape index (κ2) is 7.45. The molecule has 11 heteroatoms. The summed E-state index contributed by atoms with van der Waals surface area (Å²) in [5.41, 5.74) is 1.11. The number of oxazole rings is 1. The number of aromatic nitrogens is 1. The Bertz CT molecular complexity index is 1180. The van der Waals surface area contributed by atoms with Crippen molar-refractivity contribution in [2.24, 2.45) is 5.10 Å². The van der Waals surface area contributed by atoms with E-state index in [9.17, 15) is 13.2 Å². The van der Waals surface area contributed by atoms with Gasteiger partial charge >= 0.3 is 5.76 Å². The van der Waals surface area contributed by atoms with Gasteiger partial charge in [-0.1, -0.05) is 0 Å². The van der Waals surface area contributed by atoms with Crippen molar-refractivity contribution in [1.29, 1.82) is 0 Å². The van der Waals surface area contributed by atoms with Crippen molar-refractivity contribution in [2.45, 2.75) is 4.90 Å². The lowest BCUT2D eigenvalue weighted by Gasteiger charge is -2.10. The fourth-order valence-corrected chi connectivity index (χ4v) is 3.71. The maximum Gasteiger partial charge on any atom is 0.417 e. The average Bonchev–Trinajstić information content (AvgIpc) is 3.01. The van der Waals surface area contributed by atoms with Gasteiger partial charge < -0.3 is 13.9 Å². The zero-order valence-electron chi connectivity index (χ0n) is 14.1. The van der Waals surface area contributed by atoms with E-state index in [0.29, 0.717) is 27.1 Å². The second-order valence-electron chi connectivity index (χ2n) is 5.23. The fourth-order valence-electron chi connectivity index (χ4n) is 2.32. The van der Waals surface area contributed by atoms with Gasteiger partial charge in [0.05, 0.1) is 35.3 Å². The third-order valence-electron chi connectivity index (χ3n) is 3.59. The first-order chi connectivity index (χ1) is 12.9. The van der Waals surface area contributed by atoms with Crippen LogP contribution in [-0.2, 0) is 10.0 Å². The van der Waals surface area contributed by atoms with Gasteiger partial charge in [0.15, 0.2) is 17.1 Å². The highest BCUT2D eigenvalue weighted by atomic mass is 79.9. The Kier molecular flexibility index (Phi) is 5.24. The number of methoxy groups -OCH3 is 2. The number of hydrazone groups is 1. The number of nitrogens with zero attached hydrogens (tertiary/aromatic N) is 1. The molecule has 0 unspecified atom stereocenters. The molecule has 27 heavy (non-hydrogen) atoms. The summed E-state index contributed by atoms with van der Waals surface area (Å²) in [6, 6.07) is 7.35. The number of sulfonamides is 1. The Morgan fingerprint density at radius 2 is 2.00 bits per heavy atom. The second-order valence-corrected chi connectivity index (χ2v) is 7.68. The smallest absolute Gasteiger partial charge is 0.417 e. The van der Waals surface area contributed by atoms with E-state index in [0.717, 1.165) is 0 Å². The lowest BCUT2D eigenvalue weighted by Crippen LogP contribution is -2.18. The van der Waals surface area contributed by atoms with Gasteiger partial charge in [0.1, 0.15) is 0 Å². The van der Waals surface area contributed by atoms with Gasteiger partial charge in [-0.15, -0.1) is 0 Å². The van der Waals surface area contributed by atoms with Crippen molar-refractivity contribution < 1.29 is 22.3 Å². The van der Waals surface area contributed by atoms with Gasteiger partial charge in [-0.2, -0.15) is 13.5 Å². The molecule has 9 nitrogen and oxygen atoms in total. The Balaban J connectivity index is 1.85. The topological polar surface area (TPSA) is 123 Å². The summed E-state index contributed by atoms with van der Waals surface area (Å²) in [6.07, 6.45) is 1.32. The van der Waals surface area contributed by atoms with Crippen molar-refractivity contribution in [3.05, 3.63) is 50.9 Å². The number of halogens is 1. The van der Waals surface area contributed by atoms with E-state index < -0.39 is 15.8 Å². The van der Waals surface area contributed by atoms with E-state index in [1.165, 1.54) is 38.6 Å². The van der Waals surface area contributed by atoms with Crippen LogP contribution in [0.2, 0.25) is 0 Å². The number of hydrogen-bond acceptors (Lipinski definition) is 7. The number of hydrogen-bond donors (Lipinski definition) is 2. The largest absolute Gasteiger partial charge is 0.493 e. The summed E-state index contributed by atoms with van der Waals surface area (Å²) >= 11 is 3.37. The Hall–Kier alpha value is -2.79. The number of benzene rings is 2. The van der Waals surface area contributed by atoms with E-state index in [4.69, 9.17) is 13.9 Å². The first-order valence-corrected chi connectivity index (χ1v) is 9.71. The zero-order chi connectivity index (χ0) is 19.6. The van der Waals surface area contributed by atoms with Crippen LogP contribution < -0.4 is 20.1 Å². The molecule has 3 aromatic rings. The molecule has 3 rings (SSSR count). The predicted molar refractivity (Wildman–Crippen MR) is 102 cm³/mol. The van der Waals surface area contributed by atoms with Crippen LogP contribution in [0.1, 0.15) is 5.56 Å². The quantitative estimate of drug-likeness (QED) is 0.433. The van der Waals surface area contributed by atoms with E-state index in [2.05, 4.69) is 30.8 Å². The molecule has 0 aliphatic rings. The Labute approximate surface area is 162 Å². The monoisotopic (exact) mass is 455 g/mol. The summed E-state index contributed by atoms with van der Waals surface area (Å²) in [7, 11) is -0.952. The van der Waals surface area contributed by atoms with Crippen molar-refractivity contribution in [3.63, 3.8) is 0 Å². The summed E-state index contributed by atoms with van der Waals surface area (Å²) in [5, 5.41) is 3.78. The van der Waals surface area contributed by atoms with Gasteiger partial charge in [-0.25, -0.2) is 9.63 Å². The molecule has 0 aliphatic carbocycles. The van der Waals surface area contributed by atoms with Gasteiger partial charge in [-0.05, 0) is 40.2 Å². The molecule has 0 fully saturated rings. The highest BCUT2D eigenvalue weighted by molar-refractivity contribution is 9.10. The van der Waals surface area contributed by atoms with Crippen LogP contribution in [0.3, 0.4) is 0 Å². The van der Waals surface area contributed by atoms with Crippen LogP contribution in [-0.4, -0.2) is 33.8 Å². The molecule has 0 aliphatic heterocycles. The number of H-pyrrole nitrogens is 1. The van der Waals surface area contributed by atoms with Crippen LogP contribution in [0, 0.1) is 0 Å². The van der Waals surface area contributed by atoms with Gasteiger partial charge in [-0.3, -0.25) is 4.98 Å². The number of aromatic amines is 1. The maximum atomic E-state index is 12.4. The molecule has 0 radical (unpaired) electrons. The van der Waals surface area contributed by atoms with Crippen molar-refractivity contribution in [3.8, 4) is 11.5 Å². The molecule has 0 amide bonds. The molecule has 2 N–H and O–H groups in total. The average molecular weight is 456 g/mol. The molecule has 0 bridgehead atoms. The van der Waals surface area contributed by atoms with E-state index in [-0.39, 0.29) is 10.5 Å². The van der Waals surface area contributed by atoms with E-state index >= 15 is 0 Å². The van der Waals surface area contributed by atoms with Crippen molar-refractivity contribution in [1.82, 2.24) is 9.82 Å². The number of ether oxygens (including phenoxy) is 2. The summed E-state index contributed by atoms with van der Waals surface area (Å²) in [4.78, 5) is 15.6. The Morgan fingerprint density at radius 1 is 1.22 bits per heavy atom. The predicted octanol–water partition coefficient (Wildman–Crippen LogP) is 2.21. The molecular weight excluding hydrogens is 442 g/mol. The lowest BCUT2D eigenvalue weighted by atomic mass is 10.2. The van der Waals surface area contributed by atoms with Crippen LogP contribution in [0.25, 0.3) is 11.1 Å². The number of fused-ring (bicyclic) bond motifs is 1. The summed E-state index contributed by atoms with van der Waals surface area (Å²) in [5.74, 6) is 0.310. The normalized spacial score (nSPS) is 11.8. The lowest BCUT2D eigenvalue weighted by molar-refractivity contribution is 0.353. The van der Waals surface area contributed by atoms with Gasteiger partial charge in [0.2, 0.25) is 0 Å². The first kappa shape index (κ1) is 19.0. The molecule has 0 atom stereocenters. The minimum atomic E-state index is -3.95. The SMILES string of the molecule is COc1ccc(/C=N/NS(=O)(=O)c2ccc3[nH]c(=O)oc3c2)c(Br)c1OC. The first-order valence-electron chi connectivity index (χ1n) is 7.44. The van der Waals surface area contributed by atoms with Gasteiger partial charge in [0.25, 0.3) is 10.0 Å². The zero-order valence-corrected chi connectivity index (χ0v) is 16.5. The highest BCUT2D eigenvalue weighted by Gasteiger charge is 2.16. The summed E-state index contributed by atoms with van der Waals surface area (Å²) in [6.45, 7) is 0. The van der Waals surface area contributed by atoms with Crippen LogP contribution >= 0.6 is 15.9 Å². The third-order valence-corrected chi connectivity index (χ3v) is 5.63. The molecule has 1 heterocycles. The third kappa shape index (κ3) is 3.83. The maximum absolute atomic E-state index is 12.4. The molecule has 1 aromatic heterocycles. The van der Waals surface area contributed by atoms with Crippen LogP contribution in [0.15, 0.2) is 54.0 Å². The molecule has 142 valence electrons. The standard InChI is InChI=1S/C16H14BrN3O6S/c1-24-12-6-3-9(14(17)15(12)25-2)8-18-20-27(22,23)10-4-5-11-13(7-10)26-16(21)19-11/h3-8,20H,1-2H3,(H,19,21)/b18-8+. The fraction of sp³-hybridized carbons (Fsp3) is 0.125. The number of rotatable bonds is 6. The summed E-state index contributed by atoms with van der Waals surface area (Å²) < 4.78 is 40.6. The number of nitrogens with one attached hydrogen (secondary N) is 2. The molecule has 0 saturated carbocycles. The molecule has 0 spiro atoms.